The van der Waals surface area contributed by atoms with Crippen molar-refractivity contribution in [2.75, 3.05) is 13.1 Å². The molecule has 1 saturated heterocycles. The molecule has 5 aromatic rings. The minimum atomic E-state index is 0.483. The molecule has 0 radical (unpaired) electrons. The molecule has 5 aromatic heterocycles. The lowest BCUT2D eigenvalue weighted by atomic mass is 9.93. The van der Waals surface area contributed by atoms with Crippen LogP contribution in [0.4, 0.5) is 0 Å². The number of aromatic nitrogens is 7. The highest BCUT2D eigenvalue weighted by atomic mass is 15.1. The second kappa shape index (κ2) is 7.00. The monoisotopic (exact) mass is 396 g/mol. The van der Waals surface area contributed by atoms with Crippen LogP contribution >= 0.6 is 0 Å². The summed E-state index contributed by atoms with van der Waals surface area (Å²) < 4.78 is 0. The number of H-pyrrole nitrogens is 2. The van der Waals surface area contributed by atoms with Crippen LogP contribution in [-0.4, -0.2) is 48.2 Å². The number of fused-ring (bicyclic) bond motifs is 2. The second-order valence-electron chi connectivity index (χ2n) is 7.63. The van der Waals surface area contributed by atoms with Crippen molar-refractivity contribution < 1.29 is 0 Å². The Balaban J connectivity index is 1.47. The third kappa shape index (κ3) is 2.84. The van der Waals surface area contributed by atoms with Crippen LogP contribution in [0, 0.1) is 0 Å². The minimum Gasteiger partial charge on any atom is -0.336 e. The van der Waals surface area contributed by atoms with E-state index in [2.05, 4.69) is 41.5 Å². The zero-order chi connectivity index (χ0) is 19.9. The van der Waals surface area contributed by atoms with E-state index in [0.717, 1.165) is 76.3 Å². The van der Waals surface area contributed by atoms with Gasteiger partial charge in [-0.2, -0.15) is 5.10 Å². The van der Waals surface area contributed by atoms with E-state index in [4.69, 9.17) is 4.98 Å². The minimum absolute atomic E-state index is 0.483. The lowest BCUT2D eigenvalue weighted by Crippen LogP contribution is -2.27. The molecule has 6 heterocycles. The molecule has 0 spiro atoms. The Morgan fingerprint density at radius 1 is 0.900 bits per heavy atom. The van der Waals surface area contributed by atoms with Gasteiger partial charge in [0.25, 0.3) is 0 Å². The second-order valence-corrected chi connectivity index (χ2v) is 7.63. The van der Waals surface area contributed by atoms with Gasteiger partial charge >= 0.3 is 0 Å². The van der Waals surface area contributed by atoms with Gasteiger partial charge in [0.05, 0.1) is 22.9 Å². The van der Waals surface area contributed by atoms with E-state index in [1.807, 2.05) is 24.4 Å². The molecule has 0 aromatic carbocycles. The van der Waals surface area contributed by atoms with Gasteiger partial charge in [0.2, 0.25) is 0 Å². The fourth-order valence-electron chi connectivity index (χ4n) is 4.22. The summed E-state index contributed by atoms with van der Waals surface area (Å²) in [6.45, 7) is 2.08. The van der Waals surface area contributed by atoms with Gasteiger partial charge in [0.15, 0.2) is 5.82 Å². The Morgan fingerprint density at radius 2 is 1.77 bits per heavy atom. The van der Waals surface area contributed by atoms with Gasteiger partial charge in [-0.25, -0.2) is 4.98 Å². The molecule has 8 heteroatoms. The average molecular weight is 396 g/mol. The number of nitrogens with zero attached hydrogens (tertiary/aromatic N) is 5. The maximum absolute atomic E-state index is 4.87. The van der Waals surface area contributed by atoms with Crippen LogP contribution in [-0.2, 0) is 0 Å². The number of aromatic amines is 2. The van der Waals surface area contributed by atoms with E-state index in [9.17, 15) is 0 Å². The van der Waals surface area contributed by atoms with E-state index in [1.54, 1.807) is 18.6 Å². The maximum atomic E-state index is 4.87. The van der Waals surface area contributed by atoms with Gasteiger partial charge in [-0.3, -0.25) is 20.1 Å². The first-order valence-corrected chi connectivity index (χ1v) is 10.2. The number of hydrogen-bond acceptors (Lipinski definition) is 6. The Hall–Kier alpha value is -3.65. The van der Waals surface area contributed by atoms with Crippen LogP contribution in [0.3, 0.4) is 0 Å². The third-order valence-corrected chi connectivity index (χ3v) is 5.80. The van der Waals surface area contributed by atoms with Gasteiger partial charge < -0.3 is 10.3 Å². The molecule has 0 aliphatic carbocycles. The zero-order valence-corrected chi connectivity index (χ0v) is 16.3. The Bertz CT molecular complexity index is 1330. The van der Waals surface area contributed by atoms with Gasteiger partial charge in [0.1, 0.15) is 11.2 Å². The first kappa shape index (κ1) is 17.2. The normalized spacial score (nSPS) is 15.2. The Kier molecular flexibility index (Phi) is 4.02. The van der Waals surface area contributed by atoms with Crippen LogP contribution in [0.5, 0.6) is 0 Å². The van der Waals surface area contributed by atoms with Crippen LogP contribution in [0.1, 0.15) is 24.5 Å². The number of pyridine rings is 3. The summed E-state index contributed by atoms with van der Waals surface area (Å²) in [5, 5.41) is 12.1. The third-order valence-electron chi connectivity index (χ3n) is 5.80. The summed E-state index contributed by atoms with van der Waals surface area (Å²) in [5.41, 5.74) is 6.40. The van der Waals surface area contributed by atoms with E-state index in [-0.39, 0.29) is 0 Å². The first-order valence-electron chi connectivity index (χ1n) is 10.2. The summed E-state index contributed by atoms with van der Waals surface area (Å²) in [7, 11) is 0. The van der Waals surface area contributed by atoms with Gasteiger partial charge in [0, 0.05) is 41.2 Å². The van der Waals surface area contributed by atoms with Crippen molar-refractivity contribution in [2.45, 2.75) is 18.8 Å². The van der Waals surface area contributed by atoms with Gasteiger partial charge in [-0.05, 0) is 50.2 Å². The van der Waals surface area contributed by atoms with Crippen molar-refractivity contribution in [3.8, 4) is 22.8 Å². The lowest BCUT2D eigenvalue weighted by molar-refractivity contribution is 0.453. The van der Waals surface area contributed by atoms with E-state index in [0.29, 0.717) is 5.92 Å². The molecule has 3 N–H and O–H groups in total. The van der Waals surface area contributed by atoms with Crippen molar-refractivity contribution in [1.29, 1.82) is 0 Å². The topological polar surface area (TPSA) is 108 Å². The summed E-state index contributed by atoms with van der Waals surface area (Å²) >= 11 is 0. The molecule has 8 nitrogen and oxygen atoms in total. The van der Waals surface area contributed by atoms with Crippen molar-refractivity contribution in [2.24, 2.45) is 0 Å². The average Bonchev–Trinajstić information content (AvgIpc) is 3.43. The fraction of sp³-hybridized carbons (Fsp3) is 0.227. The quantitative estimate of drug-likeness (QED) is 0.431. The number of piperidine rings is 1. The largest absolute Gasteiger partial charge is 0.336 e. The lowest BCUT2D eigenvalue weighted by Gasteiger charge is -2.21. The molecule has 0 atom stereocenters. The molecular formula is C22H20N8. The predicted molar refractivity (Wildman–Crippen MR) is 115 cm³/mol. The van der Waals surface area contributed by atoms with Crippen LogP contribution in [0.15, 0.2) is 49.1 Å². The highest BCUT2D eigenvalue weighted by Gasteiger charge is 2.20. The maximum Gasteiger partial charge on any atom is 0.159 e. The molecule has 1 fully saturated rings. The summed E-state index contributed by atoms with van der Waals surface area (Å²) in [6, 6.07) is 7.99. The molecule has 6 rings (SSSR count). The Labute approximate surface area is 172 Å². The summed E-state index contributed by atoms with van der Waals surface area (Å²) in [6.07, 6.45) is 9.42. The number of imidazole rings is 1. The van der Waals surface area contributed by atoms with Gasteiger partial charge in [-0.1, -0.05) is 0 Å². The smallest absolute Gasteiger partial charge is 0.159 e. The van der Waals surface area contributed by atoms with E-state index < -0.39 is 0 Å². The van der Waals surface area contributed by atoms with E-state index >= 15 is 0 Å². The van der Waals surface area contributed by atoms with E-state index in [1.165, 1.54) is 0 Å². The van der Waals surface area contributed by atoms with Crippen molar-refractivity contribution in [1.82, 2.24) is 40.4 Å². The summed E-state index contributed by atoms with van der Waals surface area (Å²) in [4.78, 5) is 21.6. The van der Waals surface area contributed by atoms with Crippen molar-refractivity contribution in [3.05, 3.63) is 54.7 Å². The molecule has 1 aliphatic rings. The molecule has 1 aliphatic heterocycles. The van der Waals surface area contributed by atoms with Crippen LogP contribution in [0.25, 0.3) is 44.7 Å². The predicted octanol–water partition coefficient (Wildman–Crippen LogP) is 3.43. The van der Waals surface area contributed by atoms with Crippen molar-refractivity contribution >= 4 is 21.9 Å². The number of hydrogen-bond donors (Lipinski definition) is 3. The van der Waals surface area contributed by atoms with Crippen LogP contribution < -0.4 is 5.32 Å². The Morgan fingerprint density at radius 3 is 2.63 bits per heavy atom. The van der Waals surface area contributed by atoms with Crippen molar-refractivity contribution in [3.63, 3.8) is 0 Å². The van der Waals surface area contributed by atoms with Crippen LogP contribution in [0.2, 0.25) is 0 Å². The molecule has 148 valence electrons. The molecule has 0 amide bonds. The zero-order valence-electron chi connectivity index (χ0n) is 16.3. The molecule has 0 unspecified atom stereocenters. The standard InChI is InChI=1S/C22H20N8/c1-6-23-7-2-13(1)17-11-15-18(12-26-17)29-30-20(15)22-27-16-5-10-25-19(21(16)28-22)14-3-8-24-9-4-14/h3-5,8-13,23H,1-2,6-7H2,(H,27,28)(H,29,30). The molecule has 0 bridgehead atoms. The SMILES string of the molecule is c1cc(-c2nccc3[nH]c(-c4n[nH]c5cnc(C6CCNCC6)cc45)nc23)ccn1. The summed E-state index contributed by atoms with van der Waals surface area (Å²) in [5.74, 6) is 1.21. The van der Waals surface area contributed by atoms with Gasteiger partial charge in [-0.15, -0.1) is 0 Å². The number of nitrogens with one attached hydrogen (secondary N) is 3. The first-order chi connectivity index (χ1) is 14.9. The molecule has 30 heavy (non-hydrogen) atoms. The molecular weight excluding hydrogens is 376 g/mol. The fourth-order valence-corrected chi connectivity index (χ4v) is 4.22. The highest BCUT2D eigenvalue weighted by Crippen LogP contribution is 2.32. The number of rotatable bonds is 3. The highest BCUT2D eigenvalue weighted by molar-refractivity contribution is 5.95. The molecule has 0 saturated carbocycles.